The Labute approximate surface area is 113 Å². The number of aryl methyl sites for hydroxylation is 1. The second-order valence-corrected chi connectivity index (χ2v) is 4.96. The van der Waals surface area contributed by atoms with Crippen molar-refractivity contribution in [2.45, 2.75) is 13.8 Å². The van der Waals surface area contributed by atoms with Gasteiger partial charge in [0, 0.05) is 5.39 Å². The number of hydrogen-bond acceptors (Lipinski definition) is 1. The van der Waals surface area contributed by atoms with Gasteiger partial charge >= 0.3 is 0 Å². The summed E-state index contributed by atoms with van der Waals surface area (Å²) in [5.41, 5.74) is 5.06. The molecule has 0 bridgehead atoms. The molecule has 19 heavy (non-hydrogen) atoms. The second-order valence-electron chi connectivity index (χ2n) is 4.96. The number of fused-ring (bicyclic) bond motifs is 1. The zero-order chi connectivity index (χ0) is 13.4. The Hall–Kier alpha value is -2.28. The van der Waals surface area contributed by atoms with Gasteiger partial charge in [0.05, 0.1) is 0 Å². The van der Waals surface area contributed by atoms with Crippen LogP contribution in [0.1, 0.15) is 11.1 Å². The third-order valence-electron chi connectivity index (χ3n) is 3.77. The maximum Gasteiger partial charge on any atom is 0.123 e. The molecule has 0 radical (unpaired) electrons. The molecule has 3 aromatic rings. The first-order valence-corrected chi connectivity index (χ1v) is 6.45. The van der Waals surface area contributed by atoms with Crippen LogP contribution in [0.5, 0.6) is 5.75 Å². The first-order valence-electron chi connectivity index (χ1n) is 6.45. The van der Waals surface area contributed by atoms with Gasteiger partial charge in [-0.05, 0) is 53.6 Å². The van der Waals surface area contributed by atoms with Crippen LogP contribution in [0.15, 0.2) is 54.6 Å². The summed E-state index contributed by atoms with van der Waals surface area (Å²) in [6.45, 7) is 4.28. The van der Waals surface area contributed by atoms with Crippen LogP contribution in [-0.2, 0) is 0 Å². The third-order valence-corrected chi connectivity index (χ3v) is 3.77. The lowest BCUT2D eigenvalue weighted by Gasteiger charge is -2.10. The van der Waals surface area contributed by atoms with Gasteiger partial charge in [0.15, 0.2) is 0 Å². The van der Waals surface area contributed by atoms with Crippen molar-refractivity contribution in [3.63, 3.8) is 0 Å². The van der Waals surface area contributed by atoms with Crippen molar-refractivity contribution >= 4 is 10.8 Å². The van der Waals surface area contributed by atoms with Gasteiger partial charge in [-0.1, -0.05) is 42.5 Å². The fraction of sp³-hybridized carbons (Fsp3) is 0.111. The van der Waals surface area contributed by atoms with Crippen LogP contribution in [0.3, 0.4) is 0 Å². The number of phenols is 1. The summed E-state index contributed by atoms with van der Waals surface area (Å²) in [5, 5.41) is 11.8. The van der Waals surface area contributed by atoms with Gasteiger partial charge in [0.2, 0.25) is 0 Å². The van der Waals surface area contributed by atoms with Crippen LogP contribution in [0.4, 0.5) is 0 Å². The largest absolute Gasteiger partial charge is 0.507 e. The molecule has 0 aliphatic heterocycles. The molecule has 0 spiro atoms. The van der Waals surface area contributed by atoms with E-state index < -0.39 is 0 Å². The number of benzene rings is 3. The molecule has 3 aromatic carbocycles. The van der Waals surface area contributed by atoms with Crippen molar-refractivity contribution in [3.05, 3.63) is 65.7 Å². The Balaban J connectivity index is 2.24. The molecule has 1 N–H and O–H groups in total. The molecule has 0 aromatic heterocycles. The summed E-state index contributed by atoms with van der Waals surface area (Å²) in [4.78, 5) is 0. The van der Waals surface area contributed by atoms with Gasteiger partial charge in [0.1, 0.15) is 5.75 Å². The summed E-state index contributed by atoms with van der Waals surface area (Å²) in [6, 6.07) is 18.2. The average molecular weight is 248 g/mol. The summed E-state index contributed by atoms with van der Waals surface area (Å²) < 4.78 is 0. The highest BCUT2D eigenvalue weighted by molar-refractivity contribution is 5.91. The minimum absolute atomic E-state index is 0.338. The molecule has 1 heteroatoms. The van der Waals surface area contributed by atoms with Crippen LogP contribution >= 0.6 is 0 Å². The Morgan fingerprint density at radius 3 is 2.47 bits per heavy atom. The molecule has 0 fully saturated rings. The predicted molar refractivity (Wildman–Crippen MR) is 80.5 cm³/mol. The van der Waals surface area contributed by atoms with Gasteiger partial charge in [-0.3, -0.25) is 0 Å². The molecule has 0 saturated heterocycles. The molecular weight excluding hydrogens is 232 g/mol. The van der Waals surface area contributed by atoms with Crippen molar-refractivity contribution in [3.8, 4) is 16.9 Å². The van der Waals surface area contributed by atoms with E-state index in [0.29, 0.717) is 5.75 Å². The highest BCUT2D eigenvalue weighted by atomic mass is 16.3. The van der Waals surface area contributed by atoms with E-state index in [1.807, 2.05) is 18.2 Å². The smallest absolute Gasteiger partial charge is 0.123 e. The molecule has 0 amide bonds. The normalized spacial score (nSPS) is 10.8. The Kier molecular flexibility index (Phi) is 2.75. The first kappa shape index (κ1) is 11.8. The molecule has 3 rings (SSSR count). The highest BCUT2D eigenvalue weighted by Gasteiger charge is 2.05. The predicted octanol–water partition coefficient (Wildman–Crippen LogP) is 4.83. The fourth-order valence-corrected chi connectivity index (χ4v) is 2.50. The first-order chi connectivity index (χ1) is 9.16. The SMILES string of the molecule is Cc1cccc(-c2ccc3c(O)cccc3c2)c1C. The Morgan fingerprint density at radius 2 is 1.63 bits per heavy atom. The second kappa shape index (κ2) is 4.43. The third kappa shape index (κ3) is 1.97. The minimum atomic E-state index is 0.338. The Morgan fingerprint density at radius 1 is 0.842 bits per heavy atom. The average Bonchev–Trinajstić information content (AvgIpc) is 2.42. The molecule has 0 aliphatic rings. The molecular formula is C18H16O. The van der Waals surface area contributed by atoms with Crippen LogP contribution in [0.2, 0.25) is 0 Å². The molecule has 0 saturated carbocycles. The standard InChI is InChI=1S/C18H16O/c1-12-5-3-7-16(13(12)2)15-9-10-17-14(11-15)6-4-8-18(17)19/h3-11,19H,1-2H3. The highest BCUT2D eigenvalue weighted by Crippen LogP contribution is 2.31. The van der Waals surface area contributed by atoms with Crippen LogP contribution in [0.25, 0.3) is 21.9 Å². The van der Waals surface area contributed by atoms with Crippen LogP contribution < -0.4 is 0 Å². The Bertz CT molecular complexity index is 757. The molecule has 0 heterocycles. The van der Waals surface area contributed by atoms with E-state index in [1.54, 1.807) is 6.07 Å². The molecule has 0 atom stereocenters. The molecule has 1 nitrogen and oxygen atoms in total. The summed E-state index contributed by atoms with van der Waals surface area (Å²) in [6.07, 6.45) is 0. The number of aromatic hydroxyl groups is 1. The van der Waals surface area contributed by atoms with E-state index in [2.05, 4.69) is 44.2 Å². The fourth-order valence-electron chi connectivity index (χ4n) is 2.50. The monoisotopic (exact) mass is 248 g/mol. The molecule has 0 aliphatic carbocycles. The number of rotatable bonds is 1. The summed E-state index contributed by atoms with van der Waals surface area (Å²) in [5.74, 6) is 0.338. The lowest BCUT2D eigenvalue weighted by molar-refractivity contribution is 0.481. The lowest BCUT2D eigenvalue weighted by atomic mass is 9.95. The van der Waals surface area contributed by atoms with E-state index in [0.717, 1.165) is 10.8 Å². The lowest BCUT2D eigenvalue weighted by Crippen LogP contribution is -1.87. The van der Waals surface area contributed by atoms with Crippen LogP contribution in [0, 0.1) is 13.8 Å². The van der Waals surface area contributed by atoms with Gasteiger partial charge in [-0.2, -0.15) is 0 Å². The van der Waals surface area contributed by atoms with Crippen molar-refractivity contribution in [1.82, 2.24) is 0 Å². The maximum atomic E-state index is 9.83. The minimum Gasteiger partial charge on any atom is -0.507 e. The topological polar surface area (TPSA) is 20.2 Å². The van der Waals surface area contributed by atoms with Crippen LogP contribution in [-0.4, -0.2) is 5.11 Å². The quantitative estimate of drug-likeness (QED) is 0.654. The summed E-state index contributed by atoms with van der Waals surface area (Å²) >= 11 is 0. The zero-order valence-corrected chi connectivity index (χ0v) is 11.1. The van der Waals surface area contributed by atoms with E-state index in [1.165, 1.54) is 22.3 Å². The van der Waals surface area contributed by atoms with Crippen molar-refractivity contribution in [2.75, 3.05) is 0 Å². The van der Waals surface area contributed by atoms with E-state index >= 15 is 0 Å². The maximum absolute atomic E-state index is 9.83. The molecule has 94 valence electrons. The number of hydrogen-bond donors (Lipinski definition) is 1. The van der Waals surface area contributed by atoms with Gasteiger partial charge < -0.3 is 5.11 Å². The van der Waals surface area contributed by atoms with Crippen molar-refractivity contribution in [1.29, 1.82) is 0 Å². The van der Waals surface area contributed by atoms with Gasteiger partial charge in [-0.25, -0.2) is 0 Å². The molecule has 0 unspecified atom stereocenters. The van der Waals surface area contributed by atoms with Crippen molar-refractivity contribution in [2.24, 2.45) is 0 Å². The number of phenolic OH excluding ortho intramolecular Hbond substituents is 1. The van der Waals surface area contributed by atoms with Gasteiger partial charge in [-0.15, -0.1) is 0 Å². The van der Waals surface area contributed by atoms with E-state index in [4.69, 9.17) is 0 Å². The van der Waals surface area contributed by atoms with E-state index in [9.17, 15) is 5.11 Å². The van der Waals surface area contributed by atoms with E-state index in [-0.39, 0.29) is 0 Å². The van der Waals surface area contributed by atoms with Crippen molar-refractivity contribution < 1.29 is 5.11 Å². The zero-order valence-electron chi connectivity index (χ0n) is 11.1. The summed E-state index contributed by atoms with van der Waals surface area (Å²) in [7, 11) is 0. The van der Waals surface area contributed by atoms with Gasteiger partial charge in [0.25, 0.3) is 0 Å².